The van der Waals surface area contributed by atoms with Crippen LogP contribution < -0.4 is 0 Å². The third-order valence-electron chi connectivity index (χ3n) is 4.64. The van der Waals surface area contributed by atoms with Gasteiger partial charge in [-0.3, -0.25) is 4.79 Å². The molecule has 5 rings (SSSR count). The first-order chi connectivity index (χ1) is 12.3. The lowest BCUT2D eigenvalue weighted by molar-refractivity contribution is 0.0303. The molecule has 1 aliphatic heterocycles. The number of nitrogens with one attached hydrogen (secondary N) is 1. The lowest BCUT2D eigenvalue weighted by Crippen LogP contribution is -2.40. The number of H-pyrrole nitrogens is 1. The summed E-state index contributed by atoms with van der Waals surface area (Å²) in [5.74, 6) is 0.0355. The van der Waals surface area contributed by atoms with Gasteiger partial charge in [0.15, 0.2) is 5.65 Å². The van der Waals surface area contributed by atoms with Crippen LogP contribution in [0, 0.1) is 0 Å². The zero-order chi connectivity index (χ0) is 16.8. The number of morpholine rings is 1. The molecule has 0 unspecified atom stereocenters. The monoisotopic (exact) mass is 332 g/mol. The summed E-state index contributed by atoms with van der Waals surface area (Å²) in [6.07, 6.45) is 0. The Bertz CT molecular complexity index is 1110. The normalized spacial score (nSPS) is 15.3. The lowest BCUT2D eigenvalue weighted by Gasteiger charge is -2.26. The average Bonchev–Trinajstić information content (AvgIpc) is 3.03. The standard InChI is InChI=1S/C19H16N4O2/c24-19(23-7-9-25-10-8-23)12-5-6-14-13(11-12)17-18(21-14)22-16-4-2-1-3-15(16)20-17/h1-6,11H,7-10H2,(H,21,22). The Labute approximate surface area is 143 Å². The van der Waals surface area contributed by atoms with Gasteiger partial charge in [-0.25, -0.2) is 9.97 Å². The van der Waals surface area contributed by atoms with Crippen LogP contribution >= 0.6 is 0 Å². The molecule has 1 aliphatic rings. The Morgan fingerprint density at radius 1 is 1.04 bits per heavy atom. The Morgan fingerprint density at radius 3 is 2.60 bits per heavy atom. The predicted octanol–water partition coefficient (Wildman–Crippen LogP) is 2.74. The summed E-state index contributed by atoms with van der Waals surface area (Å²) >= 11 is 0. The number of aromatic nitrogens is 3. The van der Waals surface area contributed by atoms with Gasteiger partial charge >= 0.3 is 0 Å². The number of aromatic amines is 1. The number of carbonyl (C=O) groups is 1. The second-order valence-electron chi connectivity index (χ2n) is 6.20. The molecular formula is C19H16N4O2. The molecule has 0 bridgehead atoms. The van der Waals surface area contributed by atoms with Gasteiger partial charge in [0.2, 0.25) is 0 Å². The second kappa shape index (κ2) is 5.53. The maximum absolute atomic E-state index is 12.7. The van der Waals surface area contributed by atoms with Crippen LogP contribution in [0.15, 0.2) is 42.5 Å². The summed E-state index contributed by atoms with van der Waals surface area (Å²) in [5.41, 5.74) is 4.84. The summed E-state index contributed by atoms with van der Waals surface area (Å²) in [4.78, 5) is 27.3. The van der Waals surface area contributed by atoms with E-state index in [1.807, 2.05) is 47.4 Å². The number of amides is 1. The minimum atomic E-state index is 0.0355. The molecule has 1 N–H and O–H groups in total. The maximum atomic E-state index is 12.7. The highest BCUT2D eigenvalue weighted by atomic mass is 16.5. The molecule has 4 aromatic rings. The van der Waals surface area contributed by atoms with Crippen LogP contribution in [0.3, 0.4) is 0 Å². The third-order valence-corrected chi connectivity index (χ3v) is 4.64. The van der Waals surface area contributed by atoms with Gasteiger partial charge in [0.05, 0.1) is 24.2 Å². The minimum Gasteiger partial charge on any atom is -0.378 e. The van der Waals surface area contributed by atoms with Gasteiger partial charge in [-0.2, -0.15) is 0 Å². The van der Waals surface area contributed by atoms with E-state index < -0.39 is 0 Å². The van der Waals surface area contributed by atoms with Crippen LogP contribution in [0.5, 0.6) is 0 Å². The molecule has 1 amide bonds. The highest BCUT2D eigenvalue weighted by Gasteiger charge is 2.19. The van der Waals surface area contributed by atoms with Crippen LogP contribution in [0.2, 0.25) is 0 Å². The fourth-order valence-corrected chi connectivity index (χ4v) is 3.33. The topological polar surface area (TPSA) is 71.1 Å². The number of nitrogens with zero attached hydrogens (tertiary/aromatic N) is 3. The molecule has 6 nitrogen and oxygen atoms in total. The van der Waals surface area contributed by atoms with Crippen molar-refractivity contribution in [1.29, 1.82) is 0 Å². The smallest absolute Gasteiger partial charge is 0.254 e. The summed E-state index contributed by atoms with van der Waals surface area (Å²) < 4.78 is 5.32. The van der Waals surface area contributed by atoms with Gasteiger partial charge < -0.3 is 14.6 Å². The molecule has 0 spiro atoms. The number of hydrogen-bond acceptors (Lipinski definition) is 4. The molecule has 0 saturated carbocycles. The van der Waals surface area contributed by atoms with E-state index in [0.29, 0.717) is 31.9 Å². The molecule has 124 valence electrons. The largest absolute Gasteiger partial charge is 0.378 e. The van der Waals surface area contributed by atoms with Crippen LogP contribution in [0.4, 0.5) is 0 Å². The van der Waals surface area contributed by atoms with Crippen LogP contribution in [0.25, 0.3) is 33.1 Å². The Balaban J connectivity index is 1.66. The zero-order valence-electron chi connectivity index (χ0n) is 13.5. The highest BCUT2D eigenvalue weighted by molar-refractivity contribution is 6.08. The van der Waals surface area contributed by atoms with E-state index in [-0.39, 0.29) is 5.91 Å². The SMILES string of the molecule is O=C(c1ccc2[nH]c3nc4ccccc4nc3c2c1)N1CCOCC1. The van der Waals surface area contributed by atoms with Crippen molar-refractivity contribution >= 4 is 39.0 Å². The molecule has 1 saturated heterocycles. The summed E-state index contributed by atoms with van der Waals surface area (Å²) in [6, 6.07) is 13.5. The first kappa shape index (κ1) is 14.4. The summed E-state index contributed by atoms with van der Waals surface area (Å²) in [6.45, 7) is 2.46. The number of hydrogen-bond donors (Lipinski definition) is 1. The van der Waals surface area contributed by atoms with E-state index in [9.17, 15) is 4.79 Å². The van der Waals surface area contributed by atoms with Crippen molar-refractivity contribution in [3.8, 4) is 0 Å². The quantitative estimate of drug-likeness (QED) is 0.582. The molecular weight excluding hydrogens is 316 g/mol. The molecule has 3 heterocycles. The van der Waals surface area contributed by atoms with Crippen molar-refractivity contribution < 1.29 is 9.53 Å². The first-order valence-corrected chi connectivity index (χ1v) is 8.35. The Hall–Kier alpha value is -2.99. The molecule has 25 heavy (non-hydrogen) atoms. The highest BCUT2D eigenvalue weighted by Crippen LogP contribution is 2.26. The van der Waals surface area contributed by atoms with Crippen LogP contribution in [0.1, 0.15) is 10.4 Å². The fourth-order valence-electron chi connectivity index (χ4n) is 3.33. The third kappa shape index (κ3) is 2.34. The Kier molecular flexibility index (Phi) is 3.18. The molecule has 2 aromatic carbocycles. The minimum absolute atomic E-state index is 0.0355. The van der Waals surface area contributed by atoms with Gasteiger partial charge in [0.25, 0.3) is 5.91 Å². The van der Waals surface area contributed by atoms with Crippen molar-refractivity contribution in [2.24, 2.45) is 0 Å². The number of para-hydroxylation sites is 2. The van der Waals surface area contributed by atoms with Gasteiger partial charge in [-0.1, -0.05) is 12.1 Å². The van der Waals surface area contributed by atoms with Crippen LogP contribution in [-0.4, -0.2) is 52.1 Å². The molecule has 1 fully saturated rings. The molecule has 2 aromatic heterocycles. The van der Waals surface area contributed by atoms with Crippen molar-refractivity contribution in [1.82, 2.24) is 19.9 Å². The Morgan fingerprint density at radius 2 is 1.80 bits per heavy atom. The average molecular weight is 332 g/mol. The van der Waals surface area contributed by atoms with Gasteiger partial charge in [-0.05, 0) is 30.3 Å². The zero-order valence-corrected chi connectivity index (χ0v) is 13.5. The van der Waals surface area contributed by atoms with Gasteiger partial charge in [0.1, 0.15) is 5.52 Å². The van der Waals surface area contributed by atoms with Crippen LogP contribution in [-0.2, 0) is 4.74 Å². The fraction of sp³-hybridized carbons (Fsp3) is 0.211. The predicted molar refractivity (Wildman–Crippen MR) is 95.6 cm³/mol. The van der Waals surface area contributed by atoms with E-state index >= 15 is 0 Å². The van der Waals surface area contributed by atoms with E-state index in [4.69, 9.17) is 9.72 Å². The summed E-state index contributed by atoms with van der Waals surface area (Å²) in [7, 11) is 0. The van der Waals surface area contributed by atoms with E-state index in [2.05, 4.69) is 9.97 Å². The molecule has 0 aliphatic carbocycles. The van der Waals surface area contributed by atoms with Crippen molar-refractivity contribution in [2.75, 3.05) is 26.3 Å². The molecule has 0 radical (unpaired) electrons. The van der Waals surface area contributed by atoms with Gasteiger partial charge in [0, 0.05) is 29.6 Å². The van der Waals surface area contributed by atoms with Crippen molar-refractivity contribution in [3.05, 3.63) is 48.0 Å². The van der Waals surface area contributed by atoms with E-state index in [0.717, 1.165) is 33.1 Å². The lowest BCUT2D eigenvalue weighted by atomic mass is 10.1. The number of fused-ring (bicyclic) bond motifs is 4. The number of benzene rings is 2. The van der Waals surface area contributed by atoms with Crippen molar-refractivity contribution in [3.63, 3.8) is 0 Å². The van der Waals surface area contributed by atoms with Gasteiger partial charge in [-0.15, -0.1) is 0 Å². The first-order valence-electron chi connectivity index (χ1n) is 8.35. The summed E-state index contributed by atoms with van der Waals surface area (Å²) in [5, 5.41) is 0.923. The van der Waals surface area contributed by atoms with Crippen molar-refractivity contribution in [2.45, 2.75) is 0 Å². The second-order valence-corrected chi connectivity index (χ2v) is 6.20. The molecule has 0 atom stereocenters. The molecule has 6 heteroatoms. The maximum Gasteiger partial charge on any atom is 0.254 e. The number of rotatable bonds is 1. The number of carbonyl (C=O) groups excluding carboxylic acids is 1. The van der Waals surface area contributed by atoms with E-state index in [1.54, 1.807) is 0 Å². The van der Waals surface area contributed by atoms with E-state index in [1.165, 1.54) is 0 Å². The number of ether oxygens (including phenoxy) is 1.